The molecule has 0 saturated carbocycles. The van der Waals surface area contributed by atoms with Crippen LogP contribution in [0.15, 0.2) is 0 Å². The van der Waals surface area contributed by atoms with Gasteiger partial charge in [0.25, 0.3) is 5.91 Å². The zero-order valence-corrected chi connectivity index (χ0v) is 7.26. The number of aromatic nitrogens is 2. The van der Waals surface area contributed by atoms with Gasteiger partial charge in [-0.2, -0.15) is 5.10 Å². The molecule has 0 aliphatic carbocycles. The number of aromatic amines is 1. The van der Waals surface area contributed by atoms with Crippen LogP contribution in [0.5, 0.6) is 0 Å². The van der Waals surface area contributed by atoms with Gasteiger partial charge in [0, 0.05) is 0 Å². The molecule has 80 valence electrons. The van der Waals surface area contributed by atoms with Gasteiger partial charge in [-0.1, -0.05) is 0 Å². The van der Waals surface area contributed by atoms with Gasteiger partial charge in [0.05, 0.1) is 11.3 Å². The molecule has 9 nitrogen and oxygen atoms in total. The number of nitro groups is 1. The zero-order chi connectivity index (χ0) is 11.6. The summed E-state index contributed by atoms with van der Waals surface area (Å²) in [6, 6.07) is 0. The number of carbonyl (C=O) groups is 2. The van der Waals surface area contributed by atoms with E-state index >= 15 is 0 Å². The van der Waals surface area contributed by atoms with Crippen molar-refractivity contribution in [1.29, 1.82) is 0 Å². The molecule has 0 fully saturated rings. The quantitative estimate of drug-likeness (QED) is 0.433. The van der Waals surface area contributed by atoms with Gasteiger partial charge < -0.3 is 10.8 Å². The van der Waals surface area contributed by atoms with E-state index in [9.17, 15) is 19.7 Å². The number of nitrogens with two attached hydrogens (primary N) is 1. The minimum absolute atomic E-state index is 0.263. The third-order valence-corrected chi connectivity index (χ3v) is 1.56. The second-order valence-electron chi connectivity index (χ2n) is 2.59. The van der Waals surface area contributed by atoms with Gasteiger partial charge in [-0.25, -0.2) is 0 Å². The van der Waals surface area contributed by atoms with E-state index in [2.05, 4.69) is 10.2 Å². The van der Waals surface area contributed by atoms with Crippen LogP contribution in [0.1, 0.15) is 16.2 Å². The van der Waals surface area contributed by atoms with Gasteiger partial charge in [-0.3, -0.25) is 24.8 Å². The molecule has 4 N–H and O–H groups in total. The number of H-pyrrole nitrogens is 1. The Morgan fingerprint density at radius 2 is 2.20 bits per heavy atom. The van der Waals surface area contributed by atoms with Gasteiger partial charge in [0.1, 0.15) is 5.69 Å². The minimum Gasteiger partial charge on any atom is -0.481 e. The molecule has 0 aliphatic rings. The summed E-state index contributed by atoms with van der Waals surface area (Å²) in [5.41, 5.74) is 3.30. The Labute approximate surface area is 82.0 Å². The Morgan fingerprint density at radius 1 is 1.60 bits per heavy atom. The minimum atomic E-state index is -1.28. The fourth-order valence-electron chi connectivity index (χ4n) is 1.02. The molecule has 1 rings (SSSR count). The van der Waals surface area contributed by atoms with Crippen molar-refractivity contribution in [2.75, 3.05) is 0 Å². The molecule has 9 heteroatoms. The third kappa shape index (κ3) is 2.07. The maximum absolute atomic E-state index is 10.7. The van der Waals surface area contributed by atoms with E-state index in [1.165, 1.54) is 0 Å². The summed E-state index contributed by atoms with van der Waals surface area (Å²) in [7, 11) is 0. The standard InChI is InChI=1S/C6H6N4O5/c7-6(13)4-5(10(14)15)2(8-9-4)1-3(11)12/h1H2,(H2,7,13)(H,8,9)(H,11,12). The molecule has 0 spiro atoms. The molecule has 0 aliphatic heterocycles. The van der Waals surface area contributed by atoms with Gasteiger partial charge in [-0.15, -0.1) is 0 Å². The highest BCUT2D eigenvalue weighted by Crippen LogP contribution is 2.20. The summed E-state index contributed by atoms with van der Waals surface area (Å²) in [6.07, 6.45) is -0.628. The normalized spacial score (nSPS) is 9.87. The van der Waals surface area contributed by atoms with E-state index in [4.69, 9.17) is 10.8 Å². The lowest BCUT2D eigenvalue weighted by Gasteiger charge is -1.92. The lowest BCUT2D eigenvalue weighted by atomic mass is 10.2. The van der Waals surface area contributed by atoms with Crippen molar-refractivity contribution in [1.82, 2.24) is 10.2 Å². The number of primary amides is 1. The van der Waals surface area contributed by atoms with E-state index in [1.54, 1.807) is 0 Å². The van der Waals surface area contributed by atoms with Crippen LogP contribution in [0.4, 0.5) is 5.69 Å². The average molecular weight is 214 g/mol. The van der Waals surface area contributed by atoms with Gasteiger partial charge in [0.15, 0.2) is 0 Å². The fraction of sp³-hybridized carbons (Fsp3) is 0.167. The van der Waals surface area contributed by atoms with Crippen molar-refractivity contribution in [3.8, 4) is 0 Å². The van der Waals surface area contributed by atoms with Crippen LogP contribution in [0, 0.1) is 10.1 Å². The first-order valence-electron chi connectivity index (χ1n) is 3.66. The first-order valence-corrected chi connectivity index (χ1v) is 3.66. The van der Waals surface area contributed by atoms with Crippen molar-refractivity contribution >= 4 is 17.6 Å². The molecule has 1 heterocycles. The summed E-state index contributed by atoms with van der Waals surface area (Å²) in [5, 5.41) is 24.3. The highest BCUT2D eigenvalue weighted by atomic mass is 16.6. The Hall–Kier alpha value is -2.45. The van der Waals surface area contributed by atoms with Crippen LogP contribution in [0.3, 0.4) is 0 Å². The van der Waals surface area contributed by atoms with Gasteiger partial charge in [0.2, 0.25) is 5.69 Å². The molecular formula is C6H6N4O5. The van der Waals surface area contributed by atoms with Gasteiger partial charge in [-0.05, 0) is 0 Å². The molecular weight excluding hydrogens is 208 g/mol. The summed E-state index contributed by atoms with van der Waals surface area (Å²) in [4.78, 5) is 30.7. The van der Waals surface area contributed by atoms with Crippen LogP contribution in [0.25, 0.3) is 0 Å². The van der Waals surface area contributed by atoms with E-state index in [0.29, 0.717) is 0 Å². The van der Waals surface area contributed by atoms with E-state index in [1.807, 2.05) is 0 Å². The van der Waals surface area contributed by atoms with Crippen LogP contribution >= 0.6 is 0 Å². The summed E-state index contributed by atoms with van der Waals surface area (Å²) in [5.74, 6) is -2.37. The molecule has 1 aromatic heterocycles. The second kappa shape index (κ2) is 3.74. The maximum atomic E-state index is 10.7. The highest BCUT2D eigenvalue weighted by Gasteiger charge is 2.28. The number of carboxylic acid groups (broad SMARTS) is 1. The maximum Gasteiger partial charge on any atom is 0.323 e. The first-order chi connectivity index (χ1) is 6.93. The largest absolute Gasteiger partial charge is 0.481 e. The van der Waals surface area contributed by atoms with Gasteiger partial charge >= 0.3 is 11.7 Å². The molecule has 0 bridgehead atoms. The predicted octanol–water partition coefficient (Wildman–Crippen LogP) is -0.956. The van der Waals surface area contributed by atoms with Crippen LogP contribution in [-0.2, 0) is 11.2 Å². The van der Waals surface area contributed by atoms with Crippen molar-refractivity contribution < 1.29 is 19.6 Å². The van der Waals surface area contributed by atoms with Crippen LogP contribution in [0.2, 0.25) is 0 Å². The first kappa shape index (κ1) is 10.6. The number of nitrogens with zero attached hydrogens (tertiary/aromatic N) is 2. The van der Waals surface area contributed by atoms with E-state index in [0.717, 1.165) is 0 Å². The molecule has 1 aromatic rings. The highest BCUT2D eigenvalue weighted by molar-refractivity contribution is 5.95. The predicted molar refractivity (Wildman–Crippen MR) is 45.1 cm³/mol. The average Bonchev–Trinajstić information content (AvgIpc) is 2.46. The second-order valence-corrected chi connectivity index (χ2v) is 2.59. The SMILES string of the molecule is NC(=O)c1n[nH]c(CC(=O)O)c1[N+](=O)[O-]. The van der Waals surface area contributed by atoms with Crippen molar-refractivity contribution in [2.24, 2.45) is 5.73 Å². The lowest BCUT2D eigenvalue weighted by molar-refractivity contribution is -0.385. The molecule has 15 heavy (non-hydrogen) atoms. The number of hydrogen-bond donors (Lipinski definition) is 3. The van der Waals surface area contributed by atoms with Crippen LogP contribution < -0.4 is 5.73 Å². The number of rotatable bonds is 4. The van der Waals surface area contributed by atoms with Crippen molar-refractivity contribution in [3.63, 3.8) is 0 Å². The summed E-state index contributed by atoms with van der Waals surface area (Å²) < 4.78 is 0. The number of hydrogen-bond acceptors (Lipinski definition) is 5. The Morgan fingerprint density at radius 3 is 2.60 bits per heavy atom. The summed E-state index contributed by atoms with van der Waals surface area (Å²) >= 11 is 0. The number of amides is 1. The number of carboxylic acids is 1. The number of aliphatic carboxylic acids is 1. The number of nitrogens with one attached hydrogen (secondary N) is 1. The molecule has 1 amide bonds. The lowest BCUT2D eigenvalue weighted by Crippen LogP contribution is -2.13. The van der Waals surface area contributed by atoms with E-state index in [-0.39, 0.29) is 5.69 Å². The fourth-order valence-corrected chi connectivity index (χ4v) is 1.02. The smallest absolute Gasteiger partial charge is 0.323 e. The van der Waals surface area contributed by atoms with E-state index < -0.39 is 34.6 Å². The molecule has 0 atom stereocenters. The molecule has 0 saturated heterocycles. The van der Waals surface area contributed by atoms with Crippen molar-refractivity contribution in [3.05, 3.63) is 21.5 Å². The Kier molecular flexibility index (Phi) is 2.65. The monoisotopic (exact) mass is 214 g/mol. The third-order valence-electron chi connectivity index (χ3n) is 1.56. The summed E-state index contributed by atoms with van der Waals surface area (Å²) in [6.45, 7) is 0. The molecule has 0 unspecified atom stereocenters. The van der Waals surface area contributed by atoms with Crippen LogP contribution in [-0.4, -0.2) is 32.1 Å². The number of carbonyl (C=O) groups excluding carboxylic acids is 1. The Bertz CT molecular complexity index is 437. The molecule has 0 aromatic carbocycles. The topological polar surface area (TPSA) is 152 Å². The van der Waals surface area contributed by atoms with Crippen molar-refractivity contribution in [2.45, 2.75) is 6.42 Å². The molecule has 0 radical (unpaired) electrons. The Balaban J connectivity index is 3.24. The zero-order valence-electron chi connectivity index (χ0n) is 7.26.